The first kappa shape index (κ1) is 14.5. The van der Waals surface area contributed by atoms with E-state index in [1.807, 2.05) is 25.1 Å². The number of halogens is 2. The molecule has 7 heteroatoms. The maximum atomic E-state index is 6.26. The first-order valence-corrected chi connectivity index (χ1v) is 7.86. The van der Waals surface area contributed by atoms with Crippen molar-refractivity contribution in [3.63, 3.8) is 0 Å². The highest BCUT2D eigenvalue weighted by atomic mass is 79.9. The second kappa shape index (κ2) is 5.77. The molecule has 21 heavy (non-hydrogen) atoms. The van der Waals surface area contributed by atoms with E-state index < -0.39 is 0 Å². The summed E-state index contributed by atoms with van der Waals surface area (Å²) < 4.78 is 8.12. The fourth-order valence-electron chi connectivity index (χ4n) is 2.31. The smallest absolute Gasteiger partial charge is 0.223 e. The van der Waals surface area contributed by atoms with E-state index in [0.717, 1.165) is 21.3 Å². The van der Waals surface area contributed by atoms with Crippen LogP contribution in [-0.2, 0) is 13.0 Å². The van der Waals surface area contributed by atoms with Gasteiger partial charge in [0.2, 0.25) is 5.89 Å². The van der Waals surface area contributed by atoms with Gasteiger partial charge in [-0.15, -0.1) is 11.6 Å². The fourth-order valence-corrected chi connectivity index (χ4v) is 2.83. The number of benzene rings is 1. The molecule has 0 spiro atoms. The van der Waals surface area contributed by atoms with Crippen LogP contribution >= 0.6 is 27.5 Å². The van der Waals surface area contributed by atoms with Crippen LogP contribution in [0.15, 0.2) is 27.2 Å². The van der Waals surface area contributed by atoms with Crippen molar-refractivity contribution in [3.8, 4) is 0 Å². The molecule has 2 heterocycles. The number of hydrogen-bond acceptors (Lipinski definition) is 4. The molecule has 0 aliphatic carbocycles. The van der Waals surface area contributed by atoms with Gasteiger partial charge in [0.05, 0.1) is 16.4 Å². The summed E-state index contributed by atoms with van der Waals surface area (Å²) in [5, 5.41) is 3.76. The van der Waals surface area contributed by atoms with Gasteiger partial charge < -0.3 is 9.09 Å². The van der Waals surface area contributed by atoms with Crippen molar-refractivity contribution in [2.75, 3.05) is 0 Å². The van der Waals surface area contributed by atoms with Crippen molar-refractivity contribution < 1.29 is 4.52 Å². The van der Waals surface area contributed by atoms with Gasteiger partial charge in [0.25, 0.3) is 0 Å². The van der Waals surface area contributed by atoms with Crippen LogP contribution in [0.5, 0.6) is 0 Å². The lowest BCUT2D eigenvalue weighted by molar-refractivity contribution is 0.386. The molecule has 0 saturated carbocycles. The number of fused-ring (bicyclic) bond motifs is 1. The summed E-state index contributed by atoms with van der Waals surface area (Å²) in [6, 6.07) is 6.03. The lowest BCUT2D eigenvalue weighted by Gasteiger charge is -2.09. The molecule has 0 N–H and O–H groups in total. The van der Waals surface area contributed by atoms with Gasteiger partial charge in [0.1, 0.15) is 5.82 Å². The third kappa shape index (κ3) is 2.96. The Morgan fingerprint density at radius 1 is 1.38 bits per heavy atom. The van der Waals surface area contributed by atoms with Gasteiger partial charge in [-0.05, 0) is 25.1 Å². The normalized spacial score (nSPS) is 13.0. The molecule has 0 aliphatic heterocycles. The van der Waals surface area contributed by atoms with E-state index in [9.17, 15) is 0 Å². The molecule has 0 saturated heterocycles. The lowest BCUT2D eigenvalue weighted by atomic mass is 10.3. The third-order valence-corrected chi connectivity index (χ3v) is 3.91. The Labute approximate surface area is 135 Å². The molecule has 1 atom stereocenters. The van der Waals surface area contributed by atoms with Gasteiger partial charge in [-0.3, -0.25) is 0 Å². The van der Waals surface area contributed by atoms with E-state index in [1.165, 1.54) is 0 Å². The number of rotatable bonds is 4. The number of aryl methyl sites for hydroxylation is 3. The Morgan fingerprint density at radius 3 is 2.86 bits per heavy atom. The van der Waals surface area contributed by atoms with Gasteiger partial charge in [-0.2, -0.15) is 4.98 Å². The molecule has 3 aromatic rings. The zero-order valence-corrected chi connectivity index (χ0v) is 14.0. The predicted octanol–water partition coefficient (Wildman–Crippen LogP) is 4.03. The predicted molar refractivity (Wildman–Crippen MR) is 84.4 cm³/mol. The maximum absolute atomic E-state index is 6.26. The largest absolute Gasteiger partial charge is 0.340 e. The lowest BCUT2D eigenvalue weighted by Crippen LogP contribution is -2.07. The molecule has 110 valence electrons. The Bertz CT molecular complexity index is 780. The highest BCUT2D eigenvalue weighted by Gasteiger charge is 2.15. The summed E-state index contributed by atoms with van der Waals surface area (Å²) in [6.45, 7) is 4.42. The van der Waals surface area contributed by atoms with E-state index in [0.29, 0.717) is 24.7 Å². The number of aromatic nitrogens is 4. The van der Waals surface area contributed by atoms with E-state index in [2.05, 4.69) is 35.6 Å². The molecule has 0 radical (unpaired) electrons. The molecule has 5 nitrogen and oxygen atoms in total. The molecule has 3 rings (SSSR count). The van der Waals surface area contributed by atoms with E-state index >= 15 is 0 Å². The van der Waals surface area contributed by atoms with Crippen molar-refractivity contribution in [1.29, 1.82) is 0 Å². The summed E-state index contributed by atoms with van der Waals surface area (Å²) in [5.74, 6) is 2.12. The molecule has 0 amide bonds. The van der Waals surface area contributed by atoms with Crippen LogP contribution in [0.4, 0.5) is 0 Å². The van der Waals surface area contributed by atoms with Crippen LogP contribution in [0.25, 0.3) is 11.0 Å². The third-order valence-electron chi connectivity index (χ3n) is 3.22. The van der Waals surface area contributed by atoms with E-state index in [-0.39, 0.29) is 5.38 Å². The second-order valence-electron chi connectivity index (χ2n) is 4.85. The second-order valence-corrected chi connectivity index (χ2v) is 6.42. The van der Waals surface area contributed by atoms with Crippen molar-refractivity contribution in [1.82, 2.24) is 19.7 Å². The minimum atomic E-state index is -0.164. The van der Waals surface area contributed by atoms with Crippen LogP contribution in [0.1, 0.15) is 29.8 Å². The number of nitrogens with zero attached hydrogens (tertiary/aromatic N) is 4. The van der Waals surface area contributed by atoms with E-state index in [1.54, 1.807) is 6.92 Å². The summed E-state index contributed by atoms with van der Waals surface area (Å²) in [6.07, 6.45) is 0.676. The molecule has 0 aliphatic rings. The standard InChI is InChI=1S/C14H14BrClN4O/c1-8(16)14-18-11-7-10(15)3-4-12(11)20(14)6-5-13-17-9(2)21-19-13/h3-4,7-8H,5-6H2,1-2H3. The number of alkyl halides is 1. The summed E-state index contributed by atoms with van der Waals surface area (Å²) in [5.41, 5.74) is 1.98. The average Bonchev–Trinajstić information content (AvgIpc) is 2.99. The zero-order valence-electron chi connectivity index (χ0n) is 11.7. The van der Waals surface area contributed by atoms with Gasteiger partial charge >= 0.3 is 0 Å². The Balaban J connectivity index is 1.97. The van der Waals surface area contributed by atoms with Crippen molar-refractivity contribution in [2.45, 2.75) is 32.2 Å². The van der Waals surface area contributed by atoms with Gasteiger partial charge in [-0.1, -0.05) is 21.1 Å². The van der Waals surface area contributed by atoms with Crippen LogP contribution in [-0.4, -0.2) is 19.7 Å². The van der Waals surface area contributed by atoms with Crippen LogP contribution in [0.2, 0.25) is 0 Å². The minimum absolute atomic E-state index is 0.164. The van der Waals surface area contributed by atoms with Gasteiger partial charge in [0.15, 0.2) is 5.82 Å². The number of imidazole rings is 1. The van der Waals surface area contributed by atoms with Crippen molar-refractivity contribution in [2.24, 2.45) is 0 Å². The SMILES string of the molecule is Cc1nc(CCn2c(C(C)Cl)nc3cc(Br)ccc32)no1. The monoisotopic (exact) mass is 368 g/mol. The van der Waals surface area contributed by atoms with Crippen molar-refractivity contribution in [3.05, 3.63) is 40.2 Å². The van der Waals surface area contributed by atoms with Crippen LogP contribution in [0.3, 0.4) is 0 Å². The first-order chi connectivity index (χ1) is 10.0. The molecule has 1 aromatic carbocycles. The van der Waals surface area contributed by atoms with Gasteiger partial charge in [0, 0.05) is 24.4 Å². The fraction of sp³-hybridized carbons (Fsp3) is 0.357. The average molecular weight is 370 g/mol. The molecule has 0 bridgehead atoms. The quantitative estimate of drug-likeness (QED) is 0.651. The van der Waals surface area contributed by atoms with Crippen molar-refractivity contribution >= 4 is 38.6 Å². The maximum Gasteiger partial charge on any atom is 0.223 e. The molecular formula is C14H14BrClN4O. The molecule has 1 unspecified atom stereocenters. The zero-order chi connectivity index (χ0) is 15.0. The molecular weight excluding hydrogens is 356 g/mol. The van der Waals surface area contributed by atoms with Crippen LogP contribution in [0, 0.1) is 6.92 Å². The highest BCUT2D eigenvalue weighted by Crippen LogP contribution is 2.26. The highest BCUT2D eigenvalue weighted by molar-refractivity contribution is 9.10. The first-order valence-electron chi connectivity index (χ1n) is 6.63. The molecule has 0 fully saturated rings. The Morgan fingerprint density at radius 2 is 2.19 bits per heavy atom. The summed E-state index contributed by atoms with van der Waals surface area (Å²) in [7, 11) is 0. The molecule has 2 aromatic heterocycles. The summed E-state index contributed by atoms with van der Waals surface area (Å²) >= 11 is 9.73. The Kier molecular flexibility index (Phi) is 3.99. The van der Waals surface area contributed by atoms with Gasteiger partial charge in [-0.25, -0.2) is 4.98 Å². The minimum Gasteiger partial charge on any atom is -0.340 e. The number of hydrogen-bond donors (Lipinski definition) is 0. The van der Waals surface area contributed by atoms with Crippen LogP contribution < -0.4 is 0 Å². The van der Waals surface area contributed by atoms with E-state index in [4.69, 9.17) is 16.1 Å². The Hall–Kier alpha value is -1.40. The summed E-state index contributed by atoms with van der Waals surface area (Å²) in [4.78, 5) is 8.85. The topological polar surface area (TPSA) is 56.7 Å².